The minimum absolute atomic E-state index is 0.276. The SMILES string of the molecule is N#Cc1ccccc1NC(=O)N1CCOc2cc(-c3ccc([C@H]4CC[C@H](CC(=O)O)CC4)cc3)ccc21. The fourth-order valence-corrected chi connectivity index (χ4v) is 5.38. The molecule has 3 aromatic carbocycles. The summed E-state index contributed by atoms with van der Waals surface area (Å²) in [6, 6.07) is 23.2. The Hall–Kier alpha value is -4.31. The highest BCUT2D eigenvalue weighted by Gasteiger charge is 2.26. The van der Waals surface area contributed by atoms with Gasteiger partial charge in [0.2, 0.25) is 0 Å². The molecule has 1 aliphatic carbocycles. The third kappa shape index (κ3) is 5.44. The van der Waals surface area contributed by atoms with E-state index in [9.17, 15) is 14.9 Å². The number of hydrogen-bond donors (Lipinski definition) is 2. The molecule has 7 nitrogen and oxygen atoms in total. The van der Waals surface area contributed by atoms with Crippen molar-refractivity contribution in [3.63, 3.8) is 0 Å². The molecule has 1 heterocycles. The van der Waals surface area contributed by atoms with Crippen molar-refractivity contribution in [2.24, 2.45) is 5.92 Å². The zero-order valence-electron chi connectivity index (χ0n) is 20.5. The molecule has 0 bridgehead atoms. The fraction of sp³-hybridized carbons (Fsp3) is 0.300. The summed E-state index contributed by atoms with van der Waals surface area (Å²) in [6.45, 7) is 0.795. The van der Waals surface area contributed by atoms with E-state index in [1.165, 1.54) is 5.56 Å². The number of fused-ring (bicyclic) bond motifs is 1. The van der Waals surface area contributed by atoms with Crippen LogP contribution >= 0.6 is 0 Å². The lowest BCUT2D eigenvalue weighted by atomic mass is 9.77. The van der Waals surface area contributed by atoms with Gasteiger partial charge in [-0.3, -0.25) is 9.69 Å². The maximum atomic E-state index is 13.0. The van der Waals surface area contributed by atoms with Gasteiger partial charge in [-0.1, -0.05) is 42.5 Å². The summed E-state index contributed by atoms with van der Waals surface area (Å²) in [5.41, 5.74) is 4.96. The van der Waals surface area contributed by atoms with Crippen molar-refractivity contribution in [2.75, 3.05) is 23.4 Å². The number of nitriles is 1. The number of carbonyl (C=O) groups is 2. The van der Waals surface area contributed by atoms with Crippen LogP contribution in [0.15, 0.2) is 66.7 Å². The fourth-order valence-electron chi connectivity index (χ4n) is 5.38. The normalized spacial score (nSPS) is 18.7. The number of urea groups is 1. The van der Waals surface area contributed by atoms with Gasteiger partial charge in [0.25, 0.3) is 0 Å². The molecule has 0 unspecified atom stereocenters. The van der Waals surface area contributed by atoms with E-state index < -0.39 is 5.97 Å². The molecular formula is C30H29N3O4. The monoisotopic (exact) mass is 495 g/mol. The number of benzene rings is 3. The Kier molecular flexibility index (Phi) is 7.09. The Morgan fingerprint density at radius 2 is 1.73 bits per heavy atom. The Morgan fingerprint density at radius 1 is 1.00 bits per heavy atom. The van der Waals surface area contributed by atoms with Crippen LogP contribution in [0.25, 0.3) is 11.1 Å². The van der Waals surface area contributed by atoms with E-state index in [1.807, 2.05) is 18.2 Å². The van der Waals surface area contributed by atoms with Gasteiger partial charge in [-0.05, 0) is 78.5 Å². The molecule has 0 saturated heterocycles. The molecule has 37 heavy (non-hydrogen) atoms. The second-order valence-electron chi connectivity index (χ2n) is 9.71. The molecule has 1 saturated carbocycles. The van der Waals surface area contributed by atoms with Crippen molar-refractivity contribution in [3.8, 4) is 22.9 Å². The predicted molar refractivity (Wildman–Crippen MR) is 142 cm³/mol. The minimum atomic E-state index is -0.699. The topological polar surface area (TPSA) is 103 Å². The van der Waals surface area contributed by atoms with Gasteiger partial charge in [0.15, 0.2) is 0 Å². The number of amides is 2. The molecule has 0 atom stereocenters. The molecule has 0 spiro atoms. The van der Waals surface area contributed by atoms with Crippen molar-refractivity contribution < 1.29 is 19.4 Å². The number of para-hydroxylation sites is 1. The highest BCUT2D eigenvalue weighted by molar-refractivity contribution is 6.03. The number of carboxylic acids is 1. The average molecular weight is 496 g/mol. The third-order valence-corrected chi connectivity index (χ3v) is 7.38. The summed E-state index contributed by atoms with van der Waals surface area (Å²) in [7, 11) is 0. The van der Waals surface area contributed by atoms with Gasteiger partial charge in [-0.2, -0.15) is 5.26 Å². The molecule has 0 radical (unpaired) electrons. The molecule has 3 aromatic rings. The number of hydrogen-bond acceptors (Lipinski definition) is 4. The Labute approximate surface area is 216 Å². The molecule has 7 heteroatoms. The Morgan fingerprint density at radius 3 is 2.46 bits per heavy atom. The van der Waals surface area contributed by atoms with E-state index in [2.05, 4.69) is 35.7 Å². The largest absolute Gasteiger partial charge is 0.490 e. The summed E-state index contributed by atoms with van der Waals surface area (Å²) >= 11 is 0. The predicted octanol–water partition coefficient (Wildman–Crippen LogP) is 6.40. The summed E-state index contributed by atoms with van der Waals surface area (Å²) in [4.78, 5) is 25.7. The van der Waals surface area contributed by atoms with Gasteiger partial charge in [-0.15, -0.1) is 0 Å². The lowest BCUT2D eigenvalue weighted by Gasteiger charge is -2.30. The number of nitrogens with one attached hydrogen (secondary N) is 1. The van der Waals surface area contributed by atoms with Crippen LogP contribution in [0.4, 0.5) is 16.2 Å². The number of carboxylic acid groups (broad SMARTS) is 1. The number of anilines is 2. The summed E-state index contributed by atoms with van der Waals surface area (Å²) in [5.74, 6) is 0.721. The van der Waals surface area contributed by atoms with E-state index in [1.54, 1.807) is 29.2 Å². The first-order valence-electron chi connectivity index (χ1n) is 12.7. The van der Waals surface area contributed by atoms with Crippen molar-refractivity contribution in [1.29, 1.82) is 5.26 Å². The van der Waals surface area contributed by atoms with Crippen LogP contribution in [0, 0.1) is 17.2 Å². The smallest absolute Gasteiger partial charge is 0.326 e. The van der Waals surface area contributed by atoms with Crippen LogP contribution in [0.5, 0.6) is 5.75 Å². The molecule has 188 valence electrons. The number of carbonyl (C=O) groups excluding carboxylic acids is 1. The van der Waals surface area contributed by atoms with Gasteiger partial charge < -0.3 is 15.2 Å². The van der Waals surface area contributed by atoms with E-state index >= 15 is 0 Å². The average Bonchev–Trinajstić information content (AvgIpc) is 2.93. The number of rotatable bonds is 5. The number of nitrogens with zero attached hydrogens (tertiary/aromatic N) is 2. The van der Waals surface area contributed by atoms with Crippen LogP contribution in [0.1, 0.15) is 49.1 Å². The van der Waals surface area contributed by atoms with Gasteiger partial charge >= 0.3 is 12.0 Å². The molecule has 1 aliphatic heterocycles. The minimum Gasteiger partial charge on any atom is -0.490 e. The molecule has 2 aliphatic rings. The first-order chi connectivity index (χ1) is 18.0. The van der Waals surface area contributed by atoms with Crippen LogP contribution in [-0.2, 0) is 4.79 Å². The van der Waals surface area contributed by atoms with Crippen LogP contribution in [-0.4, -0.2) is 30.3 Å². The standard InChI is InChI=1S/C30H29N3O4/c31-19-25-3-1-2-4-26(25)32-30(36)33-15-16-37-28-18-24(13-14-27(28)33)23-11-9-22(10-12-23)21-7-5-20(6-8-21)17-29(34)35/h1-4,9-14,18,20-21H,5-8,15-17H2,(H,32,36)(H,34,35)/t20-,21-. The highest BCUT2D eigenvalue weighted by atomic mass is 16.5. The van der Waals surface area contributed by atoms with Crippen molar-refractivity contribution in [1.82, 2.24) is 0 Å². The zero-order chi connectivity index (χ0) is 25.8. The van der Waals surface area contributed by atoms with E-state index in [-0.39, 0.29) is 12.5 Å². The summed E-state index contributed by atoms with van der Waals surface area (Å²) in [5, 5.41) is 21.2. The zero-order valence-corrected chi connectivity index (χ0v) is 20.5. The Balaban J connectivity index is 1.28. The van der Waals surface area contributed by atoms with Crippen LogP contribution in [0.2, 0.25) is 0 Å². The van der Waals surface area contributed by atoms with E-state index in [0.717, 1.165) is 36.8 Å². The third-order valence-electron chi connectivity index (χ3n) is 7.38. The maximum Gasteiger partial charge on any atom is 0.326 e. The second kappa shape index (κ2) is 10.8. The maximum absolute atomic E-state index is 13.0. The number of aliphatic carboxylic acids is 1. The molecule has 2 N–H and O–H groups in total. The number of ether oxygens (including phenoxy) is 1. The molecular weight excluding hydrogens is 466 g/mol. The second-order valence-corrected chi connectivity index (χ2v) is 9.71. The first kappa shape index (κ1) is 24.4. The van der Waals surface area contributed by atoms with Gasteiger partial charge in [0.1, 0.15) is 18.4 Å². The van der Waals surface area contributed by atoms with Gasteiger partial charge in [-0.25, -0.2) is 4.79 Å². The van der Waals surface area contributed by atoms with Crippen molar-refractivity contribution in [3.05, 3.63) is 77.9 Å². The lowest BCUT2D eigenvalue weighted by Crippen LogP contribution is -2.40. The van der Waals surface area contributed by atoms with Crippen LogP contribution < -0.4 is 15.0 Å². The van der Waals surface area contributed by atoms with Crippen molar-refractivity contribution >= 4 is 23.4 Å². The molecule has 1 fully saturated rings. The Bertz CT molecular complexity index is 1340. The lowest BCUT2D eigenvalue weighted by molar-refractivity contribution is -0.138. The molecule has 2 amide bonds. The van der Waals surface area contributed by atoms with Gasteiger partial charge in [0, 0.05) is 6.42 Å². The molecule has 5 rings (SSSR count). The highest BCUT2D eigenvalue weighted by Crippen LogP contribution is 2.39. The summed E-state index contributed by atoms with van der Waals surface area (Å²) < 4.78 is 5.90. The quantitative estimate of drug-likeness (QED) is 0.426. The van der Waals surface area contributed by atoms with E-state index in [4.69, 9.17) is 9.84 Å². The van der Waals surface area contributed by atoms with Crippen LogP contribution in [0.3, 0.4) is 0 Å². The van der Waals surface area contributed by atoms with E-state index in [0.29, 0.717) is 47.7 Å². The van der Waals surface area contributed by atoms with Gasteiger partial charge in [0.05, 0.1) is 23.5 Å². The summed E-state index contributed by atoms with van der Waals surface area (Å²) in [6.07, 6.45) is 4.26. The molecule has 0 aromatic heterocycles. The first-order valence-corrected chi connectivity index (χ1v) is 12.7. The van der Waals surface area contributed by atoms with Crippen molar-refractivity contribution in [2.45, 2.75) is 38.0 Å².